The largest absolute Gasteiger partial charge is 0.389 e. The lowest BCUT2D eigenvalue weighted by molar-refractivity contribution is 0.195. The predicted octanol–water partition coefficient (Wildman–Crippen LogP) is 3.03. The van der Waals surface area contributed by atoms with Crippen molar-refractivity contribution in [2.75, 3.05) is 0 Å². The standard InChI is InChI=1S/C11H9FINO/c1-6(15)9-7-4-2-3-5-8(7)14-11(13)10(9)12/h2-6,15H,1H3/t6-/m1/s1. The van der Waals surface area contributed by atoms with Crippen LogP contribution in [0.1, 0.15) is 18.6 Å². The predicted molar refractivity (Wildman–Crippen MR) is 65.1 cm³/mol. The molecule has 2 aromatic rings. The molecule has 0 aliphatic rings. The molecule has 0 amide bonds. The van der Waals surface area contributed by atoms with Gasteiger partial charge in [-0.25, -0.2) is 9.37 Å². The van der Waals surface area contributed by atoms with Crippen LogP contribution in [0.3, 0.4) is 0 Å². The minimum absolute atomic E-state index is 0.294. The molecule has 78 valence electrons. The average molecular weight is 317 g/mol. The van der Waals surface area contributed by atoms with Crippen LogP contribution in [0.2, 0.25) is 0 Å². The fourth-order valence-electron chi connectivity index (χ4n) is 1.59. The van der Waals surface area contributed by atoms with Crippen molar-refractivity contribution in [3.63, 3.8) is 0 Å². The molecule has 0 fully saturated rings. The second kappa shape index (κ2) is 4.02. The van der Waals surface area contributed by atoms with Crippen LogP contribution in [0.4, 0.5) is 4.39 Å². The summed E-state index contributed by atoms with van der Waals surface area (Å²) in [7, 11) is 0. The van der Waals surface area contributed by atoms with Crippen LogP contribution in [0.15, 0.2) is 24.3 Å². The molecule has 0 aliphatic heterocycles. The van der Waals surface area contributed by atoms with Gasteiger partial charge < -0.3 is 5.11 Å². The van der Waals surface area contributed by atoms with Crippen LogP contribution < -0.4 is 0 Å². The van der Waals surface area contributed by atoms with E-state index in [1.807, 2.05) is 40.8 Å². The second-order valence-electron chi connectivity index (χ2n) is 3.32. The van der Waals surface area contributed by atoms with Crippen LogP contribution >= 0.6 is 22.6 Å². The first-order valence-electron chi connectivity index (χ1n) is 4.53. The lowest BCUT2D eigenvalue weighted by atomic mass is 10.0. The average Bonchev–Trinajstić information content (AvgIpc) is 2.19. The van der Waals surface area contributed by atoms with Gasteiger partial charge in [0.05, 0.1) is 11.6 Å². The Balaban J connectivity index is 2.89. The first-order chi connectivity index (χ1) is 7.11. The van der Waals surface area contributed by atoms with Crippen LogP contribution in [0.25, 0.3) is 10.9 Å². The number of halogens is 2. The highest BCUT2D eigenvalue weighted by atomic mass is 127. The molecule has 1 N–H and O–H groups in total. The first kappa shape index (κ1) is 10.8. The van der Waals surface area contributed by atoms with E-state index in [0.717, 1.165) is 0 Å². The van der Waals surface area contributed by atoms with Crippen molar-refractivity contribution in [3.8, 4) is 0 Å². The number of hydrogen-bond acceptors (Lipinski definition) is 2. The van der Waals surface area contributed by atoms with E-state index in [9.17, 15) is 9.50 Å². The van der Waals surface area contributed by atoms with E-state index in [2.05, 4.69) is 4.98 Å². The molecule has 1 heterocycles. The Morgan fingerprint density at radius 2 is 2.07 bits per heavy atom. The first-order valence-corrected chi connectivity index (χ1v) is 5.61. The summed E-state index contributed by atoms with van der Waals surface area (Å²) in [6, 6.07) is 7.23. The molecule has 0 radical (unpaired) electrons. The summed E-state index contributed by atoms with van der Waals surface area (Å²) in [6.07, 6.45) is -0.827. The smallest absolute Gasteiger partial charge is 0.161 e. The Morgan fingerprint density at radius 3 is 2.73 bits per heavy atom. The molecule has 4 heteroatoms. The topological polar surface area (TPSA) is 33.1 Å². The van der Waals surface area contributed by atoms with Gasteiger partial charge in [0.15, 0.2) is 5.82 Å². The lowest BCUT2D eigenvalue weighted by Crippen LogP contribution is -2.02. The third-order valence-corrected chi connectivity index (χ3v) is 2.96. The molecule has 2 nitrogen and oxygen atoms in total. The fourth-order valence-corrected chi connectivity index (χ4v) is 2.14. The number of benzene rings is 1. The summed E-state index contributed by atoms with van der Waals surface area (Å²) in [5, 5.41) is 10.2. The summed E-state index contributed by atoms with van der Waals surface area (Å²) in [6.45, 7) is 1.56. The van der Waals surface area contributed by atoms with E-state index in [-0.39, 0.29) is 0 Å². The summed E-state index contributed by atoms with van der Waals surface area (Å²) in [5.74, 6) is -0.427. The maximum absolute atomic E-state index is 13.8. The van der Waals surface area contributed by atoms with E-state index in [1.54, 1.807) is 13.0 Å². The van der Waals surface area contributed by atoms with E-state index in [0.29, 0.717) is 20.2 Å². The summed E-state index contributed by atoms with van der Waals surface area (Å²) >= 11 is 1.83. The van der Waals surface area contributed by atoms with E-state index in [4.69, 9.17) is 0 Å². The third-order valence-electron chi connectivity index (χ3n) is 2.25. The SMILES string of the molecule is C[C@@H](O)c1c(F)c(I)nc2ccccc12. The Labute approximate surface area is 100 Å². The highest BCUT2D eigenvalue weighted by molar-refractivity contribution is 14.1. The zero-order valence-corrected chi connectivity index (χ0v) is 10.2. The van der Waals surface area contributed by atoms with Crippen LogP contribution in [0.5, 0.6) is 0 Å². The summed E-state index contributed by atoms with van der Waals surface area (Å²) < 4.78 is 14.0. The minimum Gasteiger partial charge on any atom is -0.389 e. The van der Waals surface area contributed by atoms with Gasteiger partial charge >= 0.3 is 0 Å². The number of nitrogens with zero attached hydrogens (tertiary/aromatic N) is 1. The number of hydrogen-bond donors (Lipinski definition) is 1. The highest BCUT2D eigenvalue weighted by Crippen LogP contribution is 2.28. The molecule has 0 bridgehead atoms. The minimum atomic E-state index is -0.827. The van der Waals surface area contributed by atoms with Gasteiger partial charge in [0.25, 0.3) is 0 Å². The molecule has 0 saturated heterocycles. The molecule has 0 spiro atoms. The third kappa shape index (κ3) is 1.83. The highest BCUT2D eigenvalue weighted by Gasteiger charge is 2.16. The Morgan fingerprint density at radius 1 is 1.40 bits per heavy atom. The number of aliphatic hydroxyl groups excluding tert-OH is 1. The quantitative estimate of drug-likeness (QED) is 0.648. The Bertz CT molecular complexity index is 513. The van der Waals surface area contributed by atoms with Crippen molar-refractivity contribution < 1.29 is 9.50 Å². The summed E-state index contributed by atoms with van der Waals surface area (Å²) in [4.78, 5) is 4.12. The van der Waals surface area contributed by atoms with Crippen LogP contribution in [0, 0.1) is 9.52 Å². The van der Waals surface area contributed by atoms with Gasteiger partial charge in [0.2, 0.25) is 0 Å². The van der Waals surface area contributed by atoms with Crippen molar-refractivity contribution in [1.29, 1.82) is 0 Å². The molecule has 0 unspecified atom stereocenters. The maximum atomic E-state index is 13.8. The molecule has 15 heavy (non-hydrogen) atoms. The molecule has 1 atom stereocenters. The van der Waals surface area contributed by atoms with Crippen molar-refractivity contribution in [3.05, 3.63) is 39.3 Å². The number of pyridine rings is 1. The van der Waals surface area contributed by atoms with E-state index in [1.165, 1.54) is 0 Å². The number of fused-ring (bicyclic) bond motifs is 1. The van der Waals surface area contributed by atoms with Gasteiger partial charge in [-0.05, 0) is 35.6 Å². The molecule has 1 aromatic carbocycles. The van der Waals surface area contributed by atoms with Crippen molar-refractivity contribution in [2.45, 2.75) is 13.0 Å². The molecule has 2 rings (SSSR count). The molecule has 0 saturated carbocycles. The zero-order valence-electron chi connectivity index (χ0n) is 8.04. The van der Waals surface area contributed by atoms with Gasteiger partial charge in [-0.2, -0.15) is 0 Å². The van der Waals surface area contributed by atoms with Gasteiger partial charge in [-0.15, -0.1) is 0 Å². The van der Waals surface area contributed by atoms with E-state index < -0.39 is 11.9 Å². The summed E-state index contributed by atoms with van der Waals surface area (Å²) in [5.41, 5.74) is 1.03. The van der Waals surface area contributed by atoms with Crippen molar-refractivity contribution in [2.24, 2.45) is 0 Å². The van der Waals surface area contributed by atoms with Gasteiger partial charge in [-0.3, -0.25) is 0 Å². The Hall–Kier alpha value is -0.750. The molecular weight excluding hydrogens is 308 g/mol. The number of aliphatic hydroxyl groups is 1. The van der Waals surface area contributed by atoms with Crippen LogP contribution in [-0.4, -0.2) is 10.1 Å². The van der Waals surface area contributed by atoms with Gasteiger partial charge in [0, 0.05) is 10.9 Å². The monoisotopic (exact) mass is 317 g/mol. The molecule has 1 aromatic heterocycles. The Kier molecular flexibility index (Phi) is 2.88. The number of para-hydroxylation sites is 1. The van der Waals surface area contributed by atoms with Crippen molar-refractivity contribution >= 4 is 33.5 Å². The molecule has 0 aliphatic carbocycles. The molecular formula is C11H9FINO. The zero-order chi connectivity index (χ0) is 11.0. The van der Waals surface area contributed by atoms with Crippen LogP contribution in [-0.2, 0) is 0 Å². The second-order valence-corrected chi connectivity index (χ2v) is 4.35. The normalized spacial score (nSPS) is 13.1. The number of rotatable bonds is 1. The van der Waals surface area contributed by atoms with Gasteiger partial charge in [-0.1, -0.05) is 18.2 Å². The fraction of sp³-hybridized carbons (Fsp3) is 0.182. The maximum Gasteiger partial charge on any atom is 0.161 e. The number of aromatic nitrogens is 1. The van der Waals surface area contributed by atoms with E-state index >= 15 is 0 Å². The van der Waals surface area contributed by atoms with Gasteiger partial charge in [0.1, 0.15) is 3.70 Å². The van der Waals surface area contributed by atoms with Crippen molar-refractivity contribution in [1.82, 2.24) is 4.98 Å². The lowest BCUT2D eigenvalue weighted by Gasteiger charge is -2.11.